The van der Waals surface area contributed by atoms with E-state index in [1.54, 1.807) is 0 Å². The molecule has 0 bridgehead atoms. The number of hydrogen-bond donors (Lipinski definition) is 1. The summed E-state index contributed by atoms with van der Waals surface area (Å²) in [5.41, 5.74) is 2.56. The van der Waals surface area contributed by atoms with Crippen molar-refractivity contribution in [2.45, 2.75) is 6.42 Å². The van der Waals surface area contributed by atoms with Crippen LogP contribution in [0.3, 0.4) is 0 Å². The number of anilines is 1. The highest BCUT2D eigenvalue weighted by Crippen LogP contribution is 2.17. The van der Waals surface area contributed by atoms with Gasteiger partial charge in [-0.3, -0.25) is 0 Å². The van der Waals surface area contributed by atoms with Crippen molar-refractivity contribution in [1.29, 1.82) is 0 Å². The molecule has 0 radical (unpaired) electrons. The second kappa shape index (κ2) is 7.19. The van der Waals surface area contributed by atoms with Crippen molar-refractivity contribution in [3.05, 3.63) is 35.9 Å². The quantitative estimate of drug-likeness (QED) is 0.806. The number of nitrogens with zero attached hydrogens (tertiary/aromatic N) is 1. The fourth-order valence-electron chi connectivity index (χ4n) is 2.06. The average molecular weight is 246 g/mol. The molecule has 0 spiro atoms. The molecule has 1 fully saturated rings. The predicted molar refractivity (Wildman–Crippen MR) is 77.1 cm³/mol. The fraction of sp³-hybridized carbons (Fsp3) is 0.467. The molecule has 1 aliphatic heterocycles. The molecule has 3 heteroatoms. The van der Waals surface area contributed by atoms with Gasteiger partial charge in [0.15, 0.2) is 0 Å². The van der Waals surface area contributed by atoms with Gasteiger partial charge in [0.2, 0.25) is 0 Å². The highest BCUT2D eigenvalue weighted by molar-refractivity contribution is 5.56. The van der Waals surface area contributed by atoms with Gasteiger partial charge < -0.3 is 15.0 Å². The summed E-state index contributed by atoms with van der Waals surface area (Å²) in [6.07, 6.45) is 5.46. The Balaban J connectivity index is 1.90. The topological polar surface area (TPSA) is 24.5 Å². The molecule has 0 saturated carbocycles. The summed E-state index contributed by atoms with van der Waals surface area (Å²) in [7, 11) is 1.98. The Hall–Kier alpha value is -1.32. The van der Waals surface area contributed by atoms with Gasteiger partial charge in [0.25, 0.3) is 0 Å². The molecule has 1 N–H and O–H groups in total. The maximum Gasteiger partial charge on any atom is 0.0642 e. The first-order valence-corrected chi connectivity index (χ1v) is 6.64. The van der Waals surface area contributed by atoms with E-state index in [0.29, 0.717) is 0 Å². The zero-order valence-electron chi connectivity index (χ0n) is 11.1. The zero-order chi connectivity index (χ0) is 12.6. The molecule has 3 nitrogen and oxygen atoms in total. The van der Waals surface area contributed by atoms with Gasteiger partial charge in [0, 0.05) is 18.8 Å². The third-order valence-electron chi connectivity index (χ3n) is 3.14. The van der Waals surface area contributed by atoms with E-state index in [4.69, 9.17) is 4.74 Å². The van der Waals surface area contributed by atoms with E-state index < -0.39 is 0 Å². The van der Waals surface area contributed by atoms with Crippen LogP contribution in [0.15, 0.2) is 30.3 Å². The van der Waals surface area contributed by atoms with Crippen LogP contribution < -0.4 is 10.2 Å². The molecular weight excluding hydrogens is 224 g/mol. The normalized spacial score (nSPS) is 16.4. The lowest BCUT2D eigenvalue weighted by Crippen LogP contribution is -2.36. The Bertz CT molecular complexity index is 367. The second-order valence-electron chi connectivity index (χ2n) is 4.49. The molecule has 18 heavy (non-hydrogen) atoms. The monoisotopic (exact) mass is 246 g/mol. The Kier molecular flexibility index (Phi) is 5.24. The largest absolute Gasteiger partial charge is 0.378 e. The van der Waals surface area contributed by atoms with Crippen molar-refractivity contribution in [2.24, 2.45) is 0 Å². The van der Waals surface area contributed by atoms with Crippen LogP contribution in [0.2, 0.25) is 0 Å². The standard InChI is InChI=1S/C15H22N2O/c1-16-9-3-2-4-14-5-7-15(8-6-14)17-10-12-18-13-11-17/h2,4-8,16H,3,9-13H2,1H3. The van der Waals surface area contributed by atoms with E-state index in [1.165, 1.54) is 11.3 Å². The maximum atomic E-state index is 5.36. The summed E-state index contributed by atoms with van der Waals surface area (Å²) < 4.78 is 5.36. The molecule has 98 valence electrons. The number of ether oxygens (including phenoxy) is 1. The maximum absolute atomic E-state index is 5.36. The Morgan fingerprint density at radius 2 is 1.94 bits per heavy atom. The highest BCUT2D eigenvalue weighted by atomic mass is 16.5. The van der Waals surface area contributed by atoms with Crippen molar-refractivity contribution in [3.8, 4) is 0 Å². The molecular formula is C15H22N2O. The molecule has 1 aromatic rings. The highest BCUT2D eigenvalue weighted by Gasteiger charge is 2.10. The van der Waals surface area contributed by atoms with Crippen LogP contribution in [-0.4, -0.2) is 39.9 Å². The smallest absolute Gasteiger partial charge is 0.0642 e. The van der Waals surface area contributed by atoms with Crippen LogP contribution in [0.1, 0.15) is 12.0 Å². The van der Waals surface area contributed by atoms with Crippen molar-refractivity contribution in [2.75, 3.05) is 44.8 Å². The molecule has 1 aliphatic rings. The van der Waals surface area contributed by atoms with Crippen LogP contribution in [-0.2, 0) is 4.74 Å². The van der Waals surface area contributed by atoms with Gasteiger partial charge in [-0.05, 0) is 37.7 Å². The first-order chi connectivity index (χ1) is 8.90. The van der Waals surface area contributed by atoms with Crippen LogP contribution >= 0.6 is 0 Å². The third kappa shape index (κ3) is 3.86. The molecule has 1 heterocycles. The SMILES string of the molecule is CNCCC=Cc1ccc(N2CCOCC2)cc1. The van der Waals surface area contributed by atoms with Gasteiger partial charge in [-0.2, -0.15) is 0 Å². The zero-order valence-corrected chi connectivity index (χ0v) is 11.1. The number of rotatable bonds is 5. The van der Waals surface area contributed by atoms with Crippen molar-refractivity contribution in [1.82, 2.24) is 5.32 Å². The lowest BCUT2D eigenvalue weighted by Gasteiger charge is -2.28. The summed E-state index contributed by atoms with van der Waals surface area (Å²) in [6.45, 7) is 4.70. The Morgan fingerprint density at radius 3 is 2.61 bits per heavy atom. The van der Waals surface area contributed by atoms with Gasteiger partial charge in [0.05, 0.1) is 13.2 Å². The Labute approximate surface area is 109 Å². The lowest BCUT2D eigenvalue weighted by molar-refractivity contribution is 0.122. The predicted octanol–water partition coefficient (Wildman–Crippen LogP) is 2.15. The summed E-state index contributed by atoms with van der Waals surface area (Å²) in [4.78, 5) is 2.37. The van der Waals surface area contributed by atoms with Crippen LogP contribution in [0.5, 0.6) is 0 Å². The van der Waals surface area contributed by atoms with E-state index in [0.717, 1.165) is 39.3 Å². The first-order valence-electron chi connectivity index (χ1n) is 6.64. The first kappa shape index (κ1) is 13.1. The van der Waals surface area contributed by atoms with Gasteiger partial charge >= 0.3 is 0 Å². The van der Waals surface area contributed by atoms with Crippen molar-refractivity contribution >= 4 is 11.8 Å². The van der Waals surface area contributed by atoms with E-state index in [2.05, 4.69) is 46.6 Å². The minimum Gasteiger partial charge on any atom is -0.378 e. The molecule has 0 unspecified atom stereocenters. The number of nitrogens with one attached hydrogen (secondary N) is 1. The average Bonchev–Trinajstić information content (AvgIpc) is 2.45. The molecule has 0 atom stereocenters. The molecule has 1 aromatic carbocycles. The fourth-order valence-corrected chi connectivity index (χ4v) is 2.06. The van der Waals surface area contributed by atoms with Gasteiger partial charge in [-0.1, -0.05) is 24.3 Å². The van der Waals surface area contributed by atoms with Crippen molar-refractivity contribution < 1.29 is 4.74 Å². The van der Waals surface area contributed by atoms with E-state index in [9.17, 15) is 0 Å². The van der Waals surface area contributed by atoms with Gasteiger partial charge in [-0.25, -0.2) is 0 Å². The molecule has 2 rings (SSSR count). The summed E-state index contributed by atoms with van der Waals surface area (Å²) in [5, 5.41) is 3.14. The summed E-state index contributed by atoms with van der Waals surface area (Å²) in [6, 6.07) is 8.76. The van der Waals surface area contributed by atoms with Crippen LogP contribution in [0.4, 0.5) is 5.69 Å². The van der Waals surface area contributed by atoms with Crippen LogP contribution in [0.25, 0.3) is 6.08 Å². The van der Waals surface area contributed by atoms with E-state index in [1.807, 2.05) is 7.05 Å². The molecule has 0 aliphatic carbocycles. The second-order valence-corrected chi connectivity index (χ2v) is 4.49. The Morgan fingerprint density at radius 1 is 1.22 bits per heavy atom. The van der Waals surface area contributed by atoms with Crippen molar-refractivity contribution in [3.63, 3.8) is 0 Å². The number of morpholine rings is 1. The summed E-state index contributed by atoms with van der Waals surface area (Å²) in [5.74, 6) is 0. The van der Waals surface area contributed by atoms with Crippen LogP contribution in [0, 0.1) is 0 Å². The number of hydrogen-bond acceptors (Lipinski definition) is 3. The van der Waals surface area contributed by atoms with E-state index in [-0.39, 0.29) is 0 Å². The van der Waals surface area contributed by atoms with E-state index >= 15 is 0 Å². The van der Waals surface area contributed by atoms with Gasteiger partial charge in [0.1, 0.15) is 0 Å². The molecule has 1 saturated heterocycles. The lowest BCUT2D eigenvalue weighted by atomic mass is 10.1. The molecule has 0 aromatic heterocycles. The summed E-state index contributed by atoms with van der Waals surface area (Å²) >= 11 is 0. The van der Waals surface area contributed by atoms with Gasteiger partial charge in [-0.15, -0.1) is 0 Å². The minimum absolute atomic E-state index is 0.839. The molecule has 0 amide bonds. The number of benzene rings is 1. The third-order valence-corrected chi connectivity index (χ3v) is 3.14. The minimum atomic E-state index is 0.839.